The van der Waals surface area contributed by atoms with E-state index in [2.05, 4.69) is 45.3 Å². The molecule has 0 heterocycles. The first kappa shape index (κ1) is 16.3. The van der Waals surface area contributed by atoms with Gasteiger partial charge in [0.25, 0.3) is 5.91 Å². The van der Waals surface area contributed by atoms with Gasteiger partial charge in [-0.25, -0.2) is 0 Å². The summed E-state index contributed by atoms with van der Waals surface area (Å²) < 4.78 is 0. The van der Waals surface area contributed by atoms with Crippen LogP contribution in [0.15, 0.2) is 18.2 Å². The van der Waals surface area contributed by atoms with E-state index in [-0.39, 0.29) is 16.9 Å². The van der Waals surface area contributed by atoms with Gasteiger partial charge in [-0.15, -0.1) is 0 Å². The van der Waals surface area contributed by atoms with Gasteiger partial charge in [0.1, 0.15) is 0 Å². The lowest BCUT2D eigenvalue weighted by molar-refractivity contribution is 0.0963. The lowest BCUT2D eigenvalue weighted by atomic mass is 9.81. The van der Waals surface area contributed by atoms with Gasteiger partial charge in [0.2, 0.25) is 0 Å². The van der Waals surface area contributed by atoms with Crippen molar-refractivity contribution >= 4 is 17.3 Å². The van der Waals surface area contributed by atoms with Gasteiger partial charge in [0.05, 0.1) is 11.4 Å². The van der Waals surface area contributed by atoms with Gasteiger partial charge in [-0.2, -0.15) is 0 Å². The van der Waals surface area contributed by atoms with E-state index in [1.54, 1.807) is 19.2 Å². The molecule has 0 atom stereocenters. The van der Waals surface area contributed by atoms with E-state index in [1.165, 1.54) is 0 Å². The lowest BCUT2D eigenvalue weighted by Crippen LogP contribution is -2.35. The number of amides is 1. The summed E-state index contributed by atoms with van der Waals surface area (Å²) in [5, 5.41) is 6.06. The molecule has 0 aliphatic heterocycles. The first-order valence-corrected chi connectivity index (χ1v) is 6.94. The average Bonchev–Trinajstić information content (AvgIpc) is 2.27. The molecule has 112 valence electrons. The molecule has 1 amide bonds. The average molecular weight is 277 g/mol. The number of nitrogens with one attached hydrogen (secondary N) is 2. The zero-order chi connectivity index (χ0) is 15.6. The second kappa shape index (κ2) is 5.73. The Balaban J connectivity index is 2.91. The molecule has 0 radical (unpaired) electrons. The Morgan fingerprint density at radius 1 is 1.20 bits per heavy atom. The largest absolute Gasteiger partial charge is 0.397 e. The van der Waals surface area contributed by atoms with Gasteiger partial charge in [-0.3, -0.25) is 4.79 Å². The minimum Gasteiger partial charge on any atom is -0.397 e. The highest BCUT2D eigenvalue weighted by Gasteiger charge is 2.25. The summed E-state index contributed by atoms with van der Waals surface area (Å²) in [7, 11) is 1.61. The quantitative estimate of drug-likeness (QED) is 0.740. The number of carbonyl (C=O) groups is 1. The van der Waals surface area contributed by atoms with Crippen LogP contribution in [-0.4, -0.2) is 18.5 Å². The maximum absolute atomic E-state index is 11.6. The van der Waals surface area contributed by atoms with Crippen molar-refractivity contribution in [2.45, 2.75) is 46.6 Å². The van der Waals surface area contributed by atoms with Crippen molar-refractivity contribution in [3.8, 4) is 0 Å². The van der Waals surface area contributed by atoms with Crippen LogP contribution in [0.25, 0.3) is 0 Å². The van der Waals surface area contributed by atoms with E-state index in [0.717, 1.165) is 12.1 Å². The topological polar surface area (TPSA) is 67.2 Å². The fourth-order valence-corrected chi connectivity index (χ4v) is 2.70. The highest BCUT2D eigenvalue weighted by molar-refractivity contribution is 5.95. The molecular formula is C16H27N3O. The van der Waals surface area contributed by atoms with Crippen molar-refractivity contribution in [3.63, 3.8) is 0 Å². The number of anilines is 2. The molecule has 4 nitrogen and oxygen atoms in total. The number of hydrogen-bond acceptors (Lipinski definition) is 3. The molecule has 20 heavy (non-hydrogen) atoms. The van der Waals surface area contributed by atoms with Crippen LogP contribution in [0.3, 0.4) is 0 Å². The fraction of sp³-hybridized carbons (Fsp3) is 0.562. The van der Waals surface area contributed by atoms with Gasteiger partial charge >= 0.3 is 0 Å². The Morgan fingerprint density at radius 2 is 1.80 bits per heavy atom. The molecule has 0 aliphatic carbocycles. The van der Waals surface area contributed by atoms with Crippen molar-refractivity contribution < 1.29 is 4.79 Å². The standard InChI is InChI=1S/C16H27N3O/c1-15(2,3)10-16(4,5)19-13-8-7-11(9-12(13)17)14(20)18-6/h7-9,19H,10,17H2,1-6H3,(H,18,20). The van der Waals surface area contributed by atoms with Crippen molar-refractivity contribution in [3.05, 3.63) is 23.8 Å². The fourth-order valence-electron chi connectivity index (χ4n) is 2.70. The smallest absolute Gasteiger partial charge is 0.251 e. The van der Waals surface area contributed by atoms with Crippen LogP contribution in [0.1, 0.15) is 51.4 Å². The van der Waals surface area contributed by atoms with Crippen molar-refractivity contribution in [1.29, 1.82) is 0 Å². The Bertz CT molecular complexity index is 487. The Hall–Kier alpha value is -1.71. The minimum absolute atomic E-state index is 0.0685. The second-order valence-corrected chi connectivity index (χ2v) is 7.13. The highest BCUT2D eigenvalue weighted by atomic mass is 16.1. The normalized spacial score (nSPS) is 12.1. The summed E-state index contributed by atoms with van der Waals surface area (Å²) in [5.74, 6) is -0.128. The molecule has 0 unspecified atom stereocenters. The van der Waals surface area contributed by atoms with Crippen LogP contribution in [0.4, 0.5) is 11.4 Å². The molecule has 0 spiro atoms. The third kappa shape index (κ3) is 4.76. The molecule has 0 saturated heterocycles. The van der Waals surface area contributed by atoms with Gasteiger partial charge in [-0.05, 0) is 43.9 Å². The number of nitrogens with two attached hydrogens (primary N) is 1. The minimum atomic E-state index is -0.128. The summed E-state index contributed by atoms with van der Waals surface area (Å²) in [6.07, 6.45) is 1.01. The van der Waals surface area contributed by atoms with E-state index >= 15 is 0 Å². The number of hydrogen-bond donors (Lipinski definition) is 3. The molecule has 1 rings (SSSR count). The van der Waals surface area contributed by atoms with Gasteiger partial charge in [0.15, 0.2) is 0 Å². The molecule has 0 aromatic heterocycles. The third-order valence-electron chi connectivity index (χ3n) is 2.99. The lowest BCUT2D eigenvalue weighted by Gasteiger charge is -2.34. The maximum atomic E-state index is 11.6. The van der Waals surface area contributed by atoms with Crippen molar-refractivity contribution in [2.75, 3.05) is 18.1 Å². The Morgan fingerprint density at radius 3 is 2.25 bits per heavy atom. The van der Waals surface area contributed by atoms with Crippen LogP contribution in [0.2, 0.25) is 0 Å². The molecule has 4 heteroatoms. The third-order valence-corrected chi connectivity index (χ3v) is 2.99. The molecule has 0 fully saturated rings. The van der Waals surface area contributed by atoms with E-state index < -0.39 is 0 Å². The van der Waals surface area contributed by atoms with E-state index in [1.807, 2.05) is 6.07 Å². The SMILES string of the molecule is CNC(=O)c1ccc(NC(C)(C)CC(C)(C)C)c(N)c1. The van der Waals surface area contributed by atoms with Crippen LogP contribution in [0, 0.1) is 5.41 Å². The summed E-state index contributed by atoms with van der Waals surface area (Å²) >= 11 is 0. The zero-order valence-corrected chi connectivity index (χ0v) is 13.4. The van der Waals surface area contributed by atoms with Crippen LogP contribution in [-0.2, 0) is 0 Å². The molecule has 1 aromatic carbocycles. The van der Waals surface area contributed by atoms with Crippen molar-refractivity contribution in [2.24, 2.45) is 5.41 Å². The first-order valence-electron chi connectivity index (χ1n) is 6.94. The van der Waals surface area contributed by atoms with E-state index in [9.17, 15) is 4.79 Å². The molecule has 0 saturated carbocycles. The Kier molecular flexibility index (Phi) is 4.69. The molecular weight excluding hydrogens is 250 g/mol. The Labute approximate surface area is 122 Å². The van der Waals surface area contributed by atoms with E-state index in [0.29, 0.717) is 11.3 Å². The van der Waals surface area contributed by atoms with Gasteiger partial charge in [-0.1, -0.05) is 20.8 Å². The van der Waals surface area contributed by atoms with Crippen molar-refractivity contribution in [1.82, 2.24) is 5.32 Å². The van der Waals surface area contributed by atoms with E-state index in [4.69, 9.17) is 5.73 Å². The monoisotopic (exact) mass is 277 g/mol. The number of carbonyl (C=O) groups excluding carboxylic acids is 1. The summed E-state index contributed by atoms with van der Waals surface area (Å²) in [5.41, 5.74) is 8.23. The highest BCUT2D eigenvalue weighted by Crippen LogP contribution is 2.31. The maximum Gasteiger partial charge on any atom is 0.251 e. The molecule has 4 N–H and O–H groups in total. The van der Waals surface area contributed by atoms with Gasteiger partial charge < -0.3 is 16.4 Å². The summed E-state index contributed by atoms with van der Waals surface area (Å²) in [6.45, 7) is 11.0. The predicted octanol–water partition coefficient (Wildman–Crippen LogP) is 3.26. The van der Waals surface area contributed by atoms with Crippen LogP contribution < -0.4 is 16.4 Å². The van der Waals surface area contributed by atoms with Crippen LogP contribution in [0.5, 0.6) is 0 Å². The summed E-state index contributed by atoms with van der Waals surface area (Å²) in [4.78, 5) is 11.6. The second-order valence-electron chi connectivity index (χ2n) is 7.13. The number of nitrogen functional groups attached to an aromatic ring is 1. The number of rotatable bonds is 4. The van der Waals surface area contributed by atoms with Gasteiger partial charge in [0, 0.05) is 18.2 Å². The first-order chi connectivity index (χ1) is 9.04. The molecule has 0 aliphatic rings. The predicted molar refractivity (Wildman–Crippen MR) is 86.0 cm³/mol. The zero-order valence-electron chi connectivity index (χ0n) is 13.4. The molecule has 1 aromatic rings. The molecule has 0 bridgehead atoms. The number of benzene rings is 1. The van der Waals surface area contributed by atoms with Crippen LogP contribution >= 0.6 is 0 Å². The summed E-state index contributed by atoms with van der Waals surface area (Å²) in [6, 6.07) is 5.35.